The molecule has 30 heavy (non-hydrogen) atoms. The molecular weight excluding hydrogens is 506 g/mol. The minimum absolute atomic E-state index is 0.0554. The largest absolute Gasteiger partial charge is 0.436 e. The second-order valence-electron chi connectivity index (χ2n) is 7.80. The third-order valence-corrected chi connectivity index (χ3v) is 7.31. The predicted octanol–water partition coefficient (Wildman–Crippen LogP) is 6.43. The number of aliphatic hydroxyl groups is 1. The molecule has 0 spiro atoms. The standard InChI is InChI=1S/C20H23BrCl2F3N3O/c1-10-8-16(14(21)9-15(10)22)28-6-4-13(5-7-28)18(30)12(3)29-11(2)17(23)19(27-29)20(24,25)26/h8-9,12-13,18,30H,4-7H2,1-3H3. The number of hydrogen-bond donors (Lipinski definition) is 1. The highest BCUT2D eigenvalue weighted by atomic mass is 79.9. The van der Waals surface area contributed by atoms with Gasteiger partial charge >= 0.3 is 6.18 Å². The number of rotatable bonds is 4. The third kappa shape index (κ3) is 4.61. The molecule has 0 aliphatic carbocycles. The Labute approximate surface area is 192 Å². The van der Waals surface area contributed by atoms with E-state index < -0.39 is 29.0 Å². The number of nitrogens with zero attached hydrogens (tertiary/aromatic N) is 3. The second kappa shape index (κ2) is 8.88. The molecule has 2 aromatic rings. The highest BCUT2D eigenvalue weighted by Crippen LogP contribution is 2.38. The van der Waals surface area contributed by atoms with Gasteiger partial charge in [0.15, 0.2) is 5.69 Å². The quantitative estimate of drug-likeness (QED) is 0.497. The molecule has 1 N–H and O–H groups in total. The minimum Gasteiger partial charge on any atom is -0.391 e. The number of aliphatic hydroxyl groups excluding tert-OH is 1. The van der Waals surface area contributed by atoms with Gasteiger partial charge in [0.2, 0.25) is 0 Å². The fraction of sp³-hybridized carbons (Fsp3) is 0.550. The lowest BCUT2D eigenvalue weighted by molar-refractivity contribution is -0.141. The van der Waals surface area contributed by atoms with Crippen molar-refractivity contribution in [1.82, 2.24) is 9.78 Å². The molecular formula is C20H23BrCl2F3N3O. The van der Waals surface area contributed by atoms with Crippen LogP contribution in [-0.4, -0.2) is 34.1 Å². The lowest BCUT2D eigenvalue weighted by Crippen LogP contribution is -2.40. The van der Waals surface area contributed by atoms with Gasteiger partial charge in [-0.1, -0.05) is 23.2 Å². The topological polar surface area (TPSA) is 41.3 Å². The van der Waals surface area contributed by atoms with Crippen molar-refractivity contribution in [2.24, 2.45) is 5.92 Å². The van der Waals surface area contributed by atoms with Crippen LogP contribution in [-0.2, 0) is 6.18 Å². The Hall–Kier alpha value is -0.960. The molecule has 166 valence electrons. The molecule has 1 saturated heterocycles. The minimum atomic E-state index is -4.63. The van der Waals surface area contributed by atoms with E-state index in [2.05, 4.69) is 25.9 Å². The van der Waals surface area contributed by atoms with Crippen molar-refractivity contribution in [3.05, 3.63) is 43.6 Å². The van der Waals surface area contributed by atoms with Crippen molar-refractivity contribution in [2.45, 2.75) is 51.9 Å². The van der Waals surface area contributed by atoms with E-state index in [4.69, 9.17) is 23.2 Å². The van der Waals surface area contributed by atoms with Crippen molar-refractivity contribution in [3.63, 3.8) is 0 Å². The van der Waals surface area contributed by atoms with E-state index in [1.54, 1.807) is 6.92 Å². The summed E-state index contributed by atoms with van der Waals surface area (Å²) in [6.07, 6.45) is -4.05. The molecule has 0 saturated carbocycles. The molecule has 1 fully saturated rings. The summed E-state index contributed by atoms with van der Waals surface area (Å²) in [6.45, 7) is 6.55. The van der Waals surface area contributed by atoms with Crippen LogP contribution in [0.25, 0.3) is 0 Å². The molecule has 1 aliphatic rings. The monoisotopic (exact) mass is 527 g/mol. The van der Waals surface area contributed by atoms with E-state index in [1.165, 1.54) is 11.6 Å². The highest BCUT2D eigenvalue weighted by Gasteiger charge is 2.40. The van der Waals surface area contributed by atoms with Gasteiger partial charge in [-0.3, -0.25) is 4.68 Å². The lowest BCUT2D eigenvalue weighted by atomic mass is 9.87. The first-order valence-electron chi connectivity index (χ1n) is 9.62. The maximum Gasteiger partial charge on any atom is 0.436 e. The van der Waals surface area contributed by atoms with E-state index >= 15 is 0 Å². The van der Waals surface area contributed by atoms with Gasteiger partial charge in [0.05, 0.1) is 28.5 Å². The van der Waals surface area contributed by atoms with Crippen molar-refractivity contribution in [1.29, 1.82) is 0 Å². The number of aryl methyl sites for hydroxylation is 1. The molecule has 1 aromatic carbocycles. The van der Waals surface area contributed by atoms with Gasteiger partial charge in [0, 0.05) is 22.6 Å². The fourth-order valence-corrected chi connectivity index (χ4v) is 5.10. The number of hydrogen-bond acceptors (Lipinski definition) is 3. The summed E-state index contributed by atoms with van der Waals surface area (Å²) >= 11 is 15.6. The van der Waals surface area contributed by atoms with Gasteiger partial charge in [-0.05, 0) is 73.2 Å². The molecule has 0 radical (unpaired) electrons. The Kier molecular flexibility index (Phi) is 7.02. The molecule has 0 amide bonds. The average Bonchev–Trinajstić information content (AvgIpc) is 2.99. The first-order chi connectivity index (χ1) is 13.9. The van der Waals surface area contributed by atoms with E-state index in [9.17, 15) is 18.3 Å². The molecule has 3 rings (SSSR count). The number of benzene rings is 1. The lowest BCUT2D eigenvalue weighted by Gasteiger charge is -2.38. The van der Waals surface area contributed by atoms with E-state index in [-0.39, 0.29) is 11.6 Å². The zero-order chi connectivity index (χ0) is 22.4. The van der Waals surface area contributed by atoms with Gasteiger partial charge in [0.1, 0.15) is 0 Å². The van der Waals surface area contributed by atoms with Crippen LogP contribution in [0, 0.1) is 19.8 Å². The van der Waals surface area contributed by atoms with Crippen LogP contribution in [0.2, 0.25) is 10.0 Å². The van der Waals surface area contributed by atoms with Crippen LogP contribution in [0.15, 0.2) is 16.6 Å². The van der Waals surface area contributed by atoms with Gasteiger partial charge in [-0.25, -0.2) is 0 Å². The smallest absolute Gasteiger partial charge is 0.391 e. The third-order valence-electron chi connectivity index (χ3n) is 5.82. The Bertz CT molecular complexity index is 927. The van der Waals surface area contributed by atoms with Crippen molar-refractivity contribution in [2.75, 3.05) is 18.0 Å². The predicted molar refractivity (Wildman–Crippen MR) is 117 cm³/mol. The maximum absolute atomic E-state index is 13.1. The molecule has 4 nitrogen and oxygen atoms in total. The Morgan fingerprint density at radius 1 is 1.20 bits per heavy atom. The molecule has 2 atom stereocenters. The Morgan fingerprint density at radius 2 is 1.80 bits per heavy atom. The summed E-state index contributed by atoms with van der Waals surface area (Å²) in [6, 6.07) is 3.27. The molecule has 0 bridgehead atoms. The summed E-state index contributed by atoms with van der Waals surface area (Å²) in [5.74, 6) is -0.0554. The average molecular weight is 529 g/mol. The van der Waals surface area contributed by atoms with Gasteiger partial charge in [-0.2, -0.15) is 18.3 Å². The second-order valence-corrected chi connectivity index (χ2v) is 9.44. The van der Waals surface area contributed by atoms with Crippen molar-refractivity contribution >= 4 is 44.8 Å². The van der Waals surface area contributed by atoms with Gasteiger partial charge in [0.25, 0.3) is 0 Å². The van der Waals surface area contributed by atoms with Gasteiger partial charge in [-0.15, -0.1) is 0 Å². The summed E-state index contributed by atoms with van der Waals surface area (Å²) < 4.78 is 41.4. The summed E-state index contributed by atoms with van der Waals surface area (Å²) in [5, 5.41) is 14.8. The summed E-state index contributed by atoms with van der Waals surface area (Å²) in [7, 11) is 0. The zero-order valence-corrected chi connectivity index (χ0v) is 19.9. The fourth-order valence-electron chi connectivity index (χ4n) is 3.98. The SMILES string of the molecule is Cc1cc(N2CCC(C(O)C(C)n3nc(C(F)(F)F)c(Cl)c3C)CC2)c(Br)cc1Cl. The number of anilines is 1. The van der Waals surface area contributed by atoms with E-state index in [0.29, 0.717) is 17.9 Å². The first kappa shape index (κ1) is 23.7. The maximum atomic E-state index is 13.1. The molecule has 2 unspecified atom stereocenters. The normalized spacial score (nSPS) is 18.0. The summed E-state index contributed by atoms with van der Waals surface area (Å²) in [4.78, 5) is 2.22. The number of halogens is 6. The van der Waals surface area contributed by atoms with Crippen LogP contribution in [0.4, 0.5) is 18.9 Å². The van der Waals surface area contributed by atoms with Crippen LogP contribution >= 0.6 is 39.1 Å². The number of piperidine rings is 1. The highest BCUT2D eigenvalue weighted by molar-refractivity contribution is 9.10. The van der Waals surface area contributed by atoms with Crippen molar-refractivity contribution < 1.29 is 18.3 Å². The number of alkyl halides is 3. The van der Waals surface area contributed by atoms with E-state index in [1.807, 2.05) is 19.1 Å². The van der Waals surface area contributed by atoms with Crippen LogP contribution in [0.1, 0.15) is 42.8 Å². The molecule has 10 heteroatoms. The van der Waals surface area contributed by atoms with Crippen LogP contribution in [0.3, 0.4) is 0 Å². The molecule has 2 heterocycles. The molecule has 1 aromatic heterocycles. The Morgan fingerprint density at radius 3 is 2.33 bits per heavy atom. The zero-order valence-electron chi connectivity index (χ0n) is 16.8. The summed E-state index contributed by atoms with van der Waals surface area (Å²) in [5.41, 5.74) is 1.12. The Balaban J connectivity index is 1.71. The molecule has 1 aliphatic heterocycles. The van der Waals surface area contributed by atoms with Crippen molar-refractivity contribution in [3.8, 4) is 0 Å². The number of aromatic nitrogens is 2. The van der Waals surface area contributed by atoms with Gasteiger partial charge < -0.3 is 10.0 Å². The first-order valence-corrected chi connectivity index (χ1v) is 11.2. The van der Waals surface area contributed by atoms with E-state index in [0.717, 1.165) is 28.8 Å². The van der Waals surface area contributed by atoms with Crippen LogP contribution in [0.5, 0.6) is 0 Å². The van der Waals surface area contributed by atoms with Crippen LogP contribution < -0.4 is 4.90 Å².